The molecule has 0 saturated heterocycles. The summed E-state index contributed by atoms with van der Waals surface area (Å²) in [6.45, 7) is 3.17. The number of halogens is 2. The van der Waals surface area contributed by atoms with Gasteiger partial charge in [-0.05, 0) is 42.8 Å². The summed E-state index contributed by atoms with van der Waals surface area (Å²) in [5, 5.41) is 4.67. The summed E-state index contributed by atoms with van der Waals surface area (Å²) in [4.78, 5) is 0. The van der Waals surface area contributed by atoms with Crippen LogP contribution in [0.5, 0.6) is 5.75 Å². The number of anilines is 1. The van der Waals surface area contributed by atoms with Gasteiger partial charge in [-0.1, -0.05) is 65.2 Å². The smallest absolute Gasteiger partial charge is 0.138 e. The van der Waals surface area contributed by atoms with Crippen molar-refractivity contribution < 1.29 is 4.74 Å². The SMILES string of the molecule is Cc1ccc(NCc2ccc(OCc3ccccc3Cl)c(Cl)c2)cc1. The van der Waals surface area contributed by atoms with Crippen molar-refractivity contribution in [1.82, 2.24) is 0 Å². The van der Waals surface area contributed by atoms with Crippen LogP contribution >= 0.6 is 23.2 Å². The van der Waals surface area contributed by atoms with Gasteiger partial charge in [0.25, 0.3) is 0 Å². The summed E-state index contributed by atoms with van der Waals surface area (Å²) in [5.41, 5.74) is 4.36. The number of ether oxygens (including phenoxy) is 1. The van der Waals surface area contributed by atoms with Gasteiger partial charge in [0.15, 0.2) is 0 Å². The zero-order valence-electron chi connectivity index (χ0n) is 13.9. The molecule has 2 nitrogen and oxygen atoms in total. The second kappa shape index (κ2) is 8.28. The van der Waals surface area contributed by atoms with Crippen molar-refractivity contribution in [3.05, 3.63) is 93.5 Å². The van der Waals surface area contributed by atoms with Gasteiger partial charge in [0.1, 0.15) is 12.4 Å². The predicted molar refractivity (Wildman–Crippen MR) is 106 cm³/mol. The summed E-state index contributed by atoms with van der Waals surface area (Å²) in [5.74, 6) is 0.653. The molecule has 0 aliphatic carbocycles. The molecule has 3 rings (SSSR count). The Labute approximate surface area is 158 Å². The zero-order chi connectivity index (χ0) is 17.6. The summed E-state index contributed by atoms with van der Waals surface area (Å²) in [6.07, 6.45) is 0. The normalized spacial score (nSPS) is 10.5. The summed E-state index contributed by atoms with van der Waals surface area (Å²) in [7, 11) is 0. The first-order valence-corrected chi connectivity index (χ1v) is 8.82. The van der Waals surface area contributed by atoms with Crippen LogP contribution in [-0.4, -0.2) is 0 Å². The lowest BCUT2D eigenvalue weighted by molar-refractivity contribution is 0.306. The maximum atomic E-state index is 6.35. The van der Waals surface area contributed by atoms with Crippen molar-refractivity contribution in [1.29, 1.82) is 0 Å². The van der Waals surface area contributed by atoms with E-state index in [1.54, 1.807) is 0 Å². The summed E-state index contributed by atoms with van der Waals surface area (Å²) in [6, 6.07) is 21.8. The van der Waals surface area contributed by atoms with E-state index >= 15 is 0 Å². The molecule has 1 N–H and O–H groups in total. The van der Waals surface area contributed by atoms with Crippen LogP contribution in [0.1, 0.15) is 16.7 Å². The molecule has 0 bridgehead atoms. The average molecular weight is 372 g/mol. The lowest BCUT2D eigenvalue weighted by Gasteiger charge is -2.11. The van der Waals surface area contributed by atoms with E-state index in [4.69, 9.17) is 27.9 Å². The Balaban J connectivity index is 1.60. The highest BCUT2D eigenvalue weighted by atomic mass is 35.5. The summed E-state index contributed by atoms with van der Waals surface area (Å²) >= 11 is 12.5. The lowest BCUT2D eigenvalue weighted by Crippen LogP contribution is -2.00. The number of hydrogen-bond donors (Lipinski definition) is 1. The van der Waals surface area contributed by atoms with Crippen LogP contribution < -0.4 is 10.1 Å². The topological polar surface area (TPSA) is 21.3 Å². The van der Waals surface area contributed by atoms with Gasteiger partial charge in [-0.15, -0.1) is 0 Å². The number of nitrogens with one attached hydrogen (secondary N) is 1. The van der Waals surface area contributed by atoms with Gasteiger partial charge in [0.05, 0.1) is 5.02 Å². The Morgan fingerprint density at radius 3 is 2.36 bits per heavy atom. The summed E-state index contributed by atoms with van der Waals surface area (Å²) < 4.78 is 5.80. The van der Waals surface area contributed by atoms with E-state index in [9.17, 15) is 0 Å². The van der Waals surface area contributed by atoms with Crippen LogP contribution in [0.3, 0.4) is 0 Å². The Bertz CT molecular complexity index is 847. The highest BCUT2D eigenvalue weighted by Gasteiger charge is 2.06. The van der Waals surface area contributed by atoms with Crippen molar-refractivity contribution in [3.8, 4) is 5.75 Å². The molecule has 0 spiro atoms. The minimum absolute atomic E-state index is 0.389. The first kappa shape index (κ1) is 17.7. The second-order valence-corrected chi connectivity index (χ2v) is 6.68. The Morgan fingerprint density at radius 1 is 0.880 bits per heavy atom. The monoisotopic (exact) mass is 371 g/mol. The van der Waals surface area contributed by atoms with E-state index < -0.39 is 0 Å². The third kappa shape index (κ3) is 4.91. The van der Waals surface area contributed by atoms with Gasteiger partial charge in [-0.3, -0.25) is 0 Å². The fraction of sp³-hybridized carbons (Fsp3) is 0.143. The van der Waals surface area contributed by atoms with Gasteiger partial charge in [-0.25, -0.2) is 0 Å². The molecule has 0 radical (unpaired) electrons. The minimum atomic E-state index is 0.389. The number of benzene rings is 3. The molecule has 0 saturated carbocycles. The lowest BCUT2D eigenvalue weighted by atomic mass is 10.2. The Kier molecular flexibility index (Phi) is 5.85. The van der Waals surface area contributed by atoms with Crippen molar-refractivity contribution in [2.45, 2.75) is 20.1 Å². The predicted octanol–water partition coefficient (Wildman–Crippen LogP) is 6.49. The highest BCUT2D eigenvalue weighted by molar-refractivity contribution is 6.32. The van der Waals surface area contributed by atoms with Gasteiger partial charge >= 0.3 is 0 Å². The zero-order valence-corrected chi connectivity index (χ0v) is 15.4. The van der Waals surface area contributed by atoms with E-state index in [1.165, 1.54) is 5.56 Å². The second-order valence-electron chi connectivity index (χ2n) is 5.86. The molecule has 0 fully saturated rings. The molecule has 0 aliphatic rings. The molecular weight excluding hydrogens is 353 g/mol. The first-order valence-electron chi connectivity index (χ1n) is 8.07. The van der Waals surface area contributed by atoms with Crippen LogP contribution in [-0.2, 0) is 13.2 Å². The molecular formula is C21H19Cl2NO. The molecule has 0 unspecified atom stereocenters. The largest absolute Gasteiger partial charge is 0.487 e. The molecule has 25 heavy (non-hydrogen) atoms. The fourth-order valence-electron chi connectivity index (χ4n) is 2.42. The van der Waals surface area contributed by atoms with E-state index in [0.29, 0.717) is 28.9 Å². The quantitative estimate of drug-likeness (QED) is 0.534. The van der Waals surface area contributed by atoms with Crippen molar-refractivity contribution in [2.75, 3.05) is 5.32 Å². The molecule has 0 heterocycles. The van der Waals surface area contributed by atoms with E-state index in [-0.39, 0.29) is 0 Å². The van der Waals surface area contributed by atoms with Crippen LogP contribution in [0, 0.1) is 6.92 Å². The number of rotatable bonds is 6. The van der Waals surface area contributed by atoms with Crippen LogP contribution in [0.2, 0.25) is 10.0 Å². The molecule has 0 aliphatic heterocycles. The third-order valence-corrected chi connectivity index (χ3v) is 4.55. The highest BCUT2D eigenvalue weighted by Crippen LogP contribution is 2.27. The molecule has 4 heteroatoms. The molecule has 0 atom stereocenters. The minimum Gasteiger partial charge on any atom is -0.487 e. The standard InChI is InChI=1S/C21H19Cl2NO/c1-15-6-9-18(10-7-15)24-13-16-8-11-21(20(23)12-16)25-14-17-4-2-3-5-19(17)22/h2-12,24H,13-14H2,1H3. The molecule has 0 aromatic heterocycles. The van der Waals surface area contributed by atoms with Gasteiger partial charge < -0.3 is 10.1 Å². The molecule has 3 aromatic rings. The van der Waals surface area contributed by atoms with Gasteiger partial charge in [0.2, 0.25) is 0 Å². The maximum absolute atomic E-state index is 6.35. The molecule has 128 valence electrons. The van der Waals surface area contributed by atoms with E-state index in [0.717, 1.165) is 16.8 Å². The van der Waals surface area contributed by atoms with Crippen LogP contribution in [0.4, 0.5) is 5.69 Å². The van der Waals surface area contributed by atoms with Crippen LogP contribution in [0.15, 0.2) is 66.7 Å². The number of aryl methyl sites for hydroxylation is 1. The van der Waals surface area contributed by atoms with Crippen LogP contribution in [0.25, 0.3) is 0 Å². The van der Waals surface area contributed by atoms with E-state index in [2.05, 4.69) is 36.5 Å². The van der Waals surface area contributed by atoms with Crippen molar-refractivity contribution in [3.63, 3.8) is 0 Å². The van der Waals surface area contributed by atoms with Gasteiger partial charge in [0, 0.05) is 22.8 Å². The van der Waals surface area contributed by atoms with Crippen molar-refractivity contribution >= 4 is 28.9 Å². The van der Waals surface area contributed by atoms with E-state index in [1.807, 2.05) is 42.5 Å². The molecule has 3 aromatic carbocycles. The average Bonchev–Trinajstić information content (AvgIpc) is 2.62. The third-order valence-electron chi connectivity index (χ3n) is 3.89. The Hall–Kier alpha value is -2.16. The Morgan fingerprint density at radius 2 is 1.64 bits per heavy atom. The fourth-order valence-corrected chi connectivity index (χ4v) is 2.87. The maximum Gasteiger partial charge on any atom is 0.138 e. The van der Waals surface area contributed by atoms with Crippen molar-refractivity contribution in [2.24, 2.45) is 0 Å². The number of hydrogen-bond acceptors (Lipinski definition) is 2. The van der Waals surface area contributed by atoms with Gasteiger partial charge in [-0.2, -0.15) is 0 Å². The molecule has 0 amide bonds. The first-order chi connectivity index (χ1) is 12.1.